The van der Waals surface area contributed by atoms with Crippen molar-refractivity contribution >= 4 is 63.5 Å². The van der Waals surface area contributed by atoms with Crippen molar-refractivity contribution in [1.29, 1.82) is 0 Å². The molecule has 2 heterocycles. The lowest BCUT2D eigenvalue weighted by atomic mass is 9.98. The number of hydrogen-bond donors (Lipinski definition) is 2. The van der Waals surface area contributed by atoms with E-state index >= 15 is 0 Å². The lowest BCUT2D eigenvalue weighted by molar-refractivity contribution is -0.384. The van der Waals surface area contributed by atoms with E-state index < -0.39 is 10.8 Å². The molecule has 2 amide bonds. The van der Waals surface area contributed by atoms with E-state index in [0.717, 1.165) is 31.6 Å². The maximum absolute atomic E-state index is 13.3. The first-order valence-corrected chi connectivity index (χ1v) is 13.4. The molecule has 12 heteroatoms. The van der Waals surface area contributed by atoms with Crippen molar-refractivity contribution < 1.29 is 14.5 Å². The second-order valence-corrected chi connectivity index (χ2v) is 10.5. The molecule has 2 fully saturated rings. The van der Waals surface area contributed by atoms with Crippen molar-refractivity contribution in [1.82, 2.24) is 10.2 Å². The minimum absolute atomic E-state index is 0.0330. The number of non-ortho nitro benzene ring substituents is 1. The number of hydrogen-bond acceptors (Lipinski definition) is 7. The number of nitro benzene ring substituents is 1. The fourth-order valence-electron chi connectivity index (χ4n) is 4.85. The Labute approximate surface area is 232 Å². The maximum atomic E-state index is 13.3. The molecule has 0 aliphatic carbocycles. The van der Waals surface area contributed by atoms with Crippen molar-refractivity contribution in [3.05, 3.63) is 57.1 Å². The lowest BCUT2D eigenvalue weighted by Crippen LogP contribution is -2.48. The van der Waals surface area contributed by atoms with Gasteiger partial charge in [-0.3, -0.25) is 25.0 Å². The zero-order valence-corrected chi connectivity index (χ0v) is 23.0. The van der Waals surface area contributed by atoms with Crippen LogP contribution in [0.4, 0.5) is 22.7 Å². The van der Waals surface area contributed by atoms with Crippen LogP contribution in [0.2, 0.25) is 5.02 Å². The summed E-state index contributed by atoms with van der Waals surface area (Å²) in [7, 11) is 0. The molecular weight excluding hydrogens is 528 g/mol. The van der Waals surface area contributed by atoms with E-state index in [1.54, 1.807) is 30.0 Å². The minimum Gasteiger partial charge on any atom is -0.371 e. The number of rotatable bonds is 5. The summed E-state index contributed by atoms with van der Waals surface area (Å²) in [5, 5.41) is 17.8. The molecule has 0 aromatic heterocycles. The number of thiocarbonyl (C=S) groups is 1. The number of anilines is 3. The number of piperidine rings is 1. The highest BCUT2D eigenvalue weighted by molar-refractivity contribution is 7.80. The van der Waals surface area contributed by atoms with Crippen LogP contribution in [0.25, 0.3) is 0 Å². The van der Waals surface area contributed by atoms with E-state index in [-0.39, 0.29) is 22.3 Å². The van der Waals surface area contributed by atoms with E-state index in [2.05, 4.69) is 27.4 Å². The molecule has 2 aromatic rings. The van der Waals surface area contributed by atoms with Crippen LogP contribution in [0.1, 0.15) is 37.0 Å². The summed E-state index contributed by atoms with van der Waals surface area (Å²) in [6, 6.07) is 9.71. The SMILES string of the molecule is CC(=O)N1CCN(c2c(Cl)cccc2NC(=S)NC(=O)c2cc([N+](=O)[O-])ccc2N2CCC(C)CC2)CC1. The van der Waals surface area contributed by atoms with Crippen LogP contribution < -0.4 is 20.4 Å². The molecule has 2 aliphatic heterocycles. The van der Waals surface area contributed by atoms with E-state index in [1.165, 1.54) is 12.1 Å². The van der Waals surface area contributed by atoms with Gasteiger partial charge in [0.25, 0.3) is 11.6 Å². The molecule has 2 saturated heterocycles. The van der Waals surface area contributed by atoms with Gasteiger partial charge in [-0.25, -0.2) is 0 Å². The number of nitrogens with one attached hydrogen (secondary N) is 2. The topological polar surface area (TPSA) is 111 Å². The van der Waals surface area contributed by atoms with Gasteiger partial charge < -0.3 is 20.0 Å². The molecule has 4 rings (SSSR count). The number of halogens is 1. The molecule has 2 N–H and O–H groups in total. The summed E-state index contributed by atoms with van der Waals surface area (Å²) in [6.45, 7) is 7.63. The van der Waals surface area contributed by atoms with Crippen LogP contribution >= 0.6 is 23.8 Å². The Morgan fingerprint density at radius 1 is 1.05 bits per heavy atom. The van der Waals surface area contributed by atoms with Crippen LogP contribution in [0.15, 0.2) is 36.4 Å². The molecule has 0 radical (unpaired) electrons. The summed E-state index contributed by atoms with van der Waals surface area (Å²) in [5.74, 6) is 0.0970. The van der Waals surface area contributed by atoms with Crippen molar-refractivity contribution in [2.75, 3.05) is 54.4 Å². The maximum Gasteiger partial charge on any atom is 0.270 e. The van der Waals surface area contributed by atoms with Gasteiger partial charge in [0.15, 0.2) is 5.11 Å². The van der Waals surface area contributed by atoms with E-state index in [9.17, 15) is 19.7 Å². The fourth-order valence-corrected chi connectivity index (χ4v) is 5.35. The van der Waals surface area contributed by atoms with Crippen molar-refractivity contribution in [3.8, 4) is 0 Å². The molecule has 0 saturated carbocycles. The zero-order chi connectivity index (χ0) is 27.4. The van der Waals surface area contributed by atoms with Crippen molar-refractivity contribution in [2.45, 2.75) is 26.7 Å². The van der Waals surface area contributed by atoms with Gasteiger partial charge in [0.05, 0.1) is 32.6 Å². The number of carbonyl (C=O) groups excluding carboxylic acids is 2. The molecular formula is C26H31ClN6O4S. The molecule has 0 unspecified atom stereocenters. The molecule has 2 aromatic carbocycles. The third-order valence-corrected chi connectivity index (χ3v) is 7.57. The van der Waals surface area contributed by atoms with Crippen LogP contribution in [-0.2, 0) is 4.79 Å². The zero-order valence-electron chi connectivity index (χ0n) is 21.4. The lowest BCUT2D eigenvalue weighted by Gasteiger charge is -2.37. The van der Waals surface area contributed by atoms with Crippen molar-refractivity contribution in [3.63, 3.8) is 0 Å². The molecule has 0 atom stereocenters. The van der Waals surface area contributed by atoms with E-state index in [0.29, 0.717) is 48.5 Å². The Morgan fingerprint density at radius 3 is 2.37 bits per heavy atom. The van der Waals surface area contributed by atoms with Gasteiger partial charge in [0, 0.05) is 58.3 Å². The Balaban J connectivity index is 1.51. The predicted molar refractivity (Wildman–Crippen MR) is 153 cm³/mol. The monoisotopic (exact) mass is 558 g/mol. The first kappa shape index (κ1) is 27.6. The number of nitrogens with zero attached hydrogens (tertiary/aromatic N) is 4. The molecule has 202 valence electrons. The quantitative estimate of drug-likeness (QED) is 0.318. The fraction of sp³-hybridized carbons (Fsp3) is 0.423. The Bertz CT molecular complexity index is 1240. The van der Waals surface area contributed by atoms with Gasteiger partial charge in [0.1, 0.15) is 0 Å². The number of piperazine rings is 1. The normalized spacial score (nSPS) is 16.2. The van der Waals surface area contributed by atoms with Crippen molar-refractivity contribution in [2.24, 2.45) is 5.92 Å². The highest BCUT2D eigenvalue weighted by Gasteiger charge is 2.26. The summed E-state index contributed by atoms with van der Waals surface area (Å²) in [5.41, 5.74) is 2.03. The van der Waals surface area contributed by atoms with E-state index in [1.807, 2.05) is 6.07 Å². The third-order valence-electron chi connectivity index (χ3n) is 7.06. The number of amides is 2. The number of carbonyl (C=O) groups is 2. The van der Waals surface area contributed by atoms with Crippen LogP contribution in [0.5, 0.6) is 0 Å². The smallest absolute Gasteiger partial charge is 0.270 e. The van der Waals surface area contributed by atoms with Gasteiger partial charge in [-0.15, -0.1) is 0 Å². The second kappa shape index (κ2) is 12.0. The summed E-state index contributed by atoms with van der Waals surface area (Å²) in [6.07, 6.45) is 1.96. The van der Waals surface area contributed by atoms with Crippen LogP contribution in [0, 0.1) is 16.0 Å². The van der Waals surface area contributed by atoms with Gasteiger partial charge in [-0.1, -0.05) is 24.6 Å². The highest BCUT2D eigenvalue weighted by atomic mass is 35.5. The third kappa shape index (κ3) is 6.33. The molecule has 2 aliphatic rings. The average Bonchev–Trinajstić information content (AvgIpc) is 2.89. The van der Waals surface area contributed by atoms with Crippen LogP contribution in [0.3, 0.4) is 0 Å². The first-order valence-electron chi connectivity index (χ1n) is 12.6. The summed E-state index contributed by atoms with van der Waals surface area (Å²) < 4.78 is 0. The standard InChI is InChI=1S/C26H31ClN6O4S/c1-17-8-10-31(11-9-17)23-7-6-19(33(36)37)16-20(23)25(35)29-26(38)28-22-5-3-4-21(27)24(22)32-14-12-30(13-15-32)18(2)34/h3-7,16-17H,8-15H2,1-2H3,(H2,28,29,35,38). The Morgan fingerprint density at radius 2 is 1.74 bits per heavy atom. The van der Waals surface area contributed by atoms with E-state index in [4.69, 9.17) is 23.8 Å². The second-order valence-electron chi connectivity index (χ2n) is 9.67. The van der Waals surface area contributed by atoms with Crippen LogP contribution in [-0.4, -0.2) is 66.0 Å². The first-order chi connectivity index (χ1) is 18.1. The van der Waals surface area contributed by atoms with Gasteiger partial charge in [-0.05, 0) is 49.2 Å². The molecule has 0 spiro atoms. The Hall–Kier alpha value is -3.44. The molecule has 10 nitrogen and oxygen atoms in total. The number of nitro groups is 1. The largest absolute Gasteiger partial charge is 0.371 e. The Kier molecular flexibility index (Phi) is 8.68. The summed E-state index contributed by atoms with van der Waals surface area (Å²) in [4.78, 5) is 41.9. The van der Waals surface area contributed by atoms with Gasteiger partial charge >= 0.3 is 0 Å². The highest BCUT2D eigenvalue weighted by Crippen LogP contribution is 2.35. The predicted octanol–water partition coefficient (Wildman–Crippen LogP) is 4.28. The number of benzene rings is 2. The average molecular weight is 559 g/mol. The van der Waals surface area contributed by atoms with Gasteiger partial charge in [0.2, 0.25) is 5.91 Å². The molecule has 38 heavy (non-hydrogen) atoms. The molecule has 0 bridgehead atoms. The summed E-state index contributed by atoms with van der Waals surface area (Å²) >= 11 is 12.0. The minimum atomic E-state index is -0.529. The van der Waals surface area contributed by atoms with Gasteiger partial charge in [-0.2, -0.15) is 0 Å². The number of para-hydroxylation sites is 1.